The number of nitrogens with zero attached hydrogens (tertiary/aromatic N) is 2. The predicted octanol–water partition coefficient (Wildman–Crippen LogP) is 4.14. The minimum Gasteiger partial charge on any atom is -0.375 e. The second kappa shape index (κ2) is 9.92. The maximum atomic E-state index is 13.6. The number of halogens is 1. The summed E-state index contributed by atoms with van der Waals surface area (Å²) >= 11 is 0. The summed E-state index contributed by atoms with van der Waals surface area (Å²) < 4.78 is 32.9. The van der Waals surface area contributed by atoms with Gasteiger partial charge in [0.2, 0.25) is 0 Å². The summed E-state index contributed by atoms with van der Waals surface area (Å²) in [5.41, 5.74) is 2.27. The van der Waals surface area contributed by atoms with Crippen molar-refractivity contribution >= 4 is 28.5 Å². The topological polar surface area (TPSA) is 103 Å². The molecule has 0 saturated heterocycles. The lowest BCUT2D eigenvalue weighted by Crippen LogP contribution is -2.31. The number of carbonyl (C=O) groups excluding carboxylic acids is 1. The number of nitrogens with one attached hydrogen (secondary N) is 3. The Labute approximate surface area is 193 Å². The van der Waals surface area contributed by atoms with E-state index in [4.69, 9.17) is 14.8 Å². The highest BCUT2D eigenvalue weighted by Gasteiger charge is 2.24. The van der Waals surface area contributed by atoms with Gasteiger partial charge < -0.3 is 14.6 Å². The standard InChI is InChI=1S/C24H22FN5O2S/c1-30-13-22-20(23(30)24(31)28-18-8-10-21(25)17(11-18)12-26)9-7-19(29-33(22)27)15-32-14-16-5-3-2-4-6-16/h2-11,13,19H,14-15H2,1H3,(H2,27,29)(H,28,31). The number of ether oxygens (including phenoxy) is 1. The van der Waals surface area contributed by atoms with Gasteiger partial charge in [-0.15, -0.1) is 0 Å². The van der Waals surface area contributed by atoms with E-state index in [0.29, 0.717) is 35.1 Å². The van der Waals surface area contributed by atoms with Gasteiger partial charge in [-0.3, -0.25) is 9.57 Å². The van der Waals surface area contributed by atoms with Crippen LogP contribution in [-0.2, 0) is 29.3 Å². The molecule has 168 valence electrons. The third-order valence-electron chi connectivity index (χ3n) is 5.14. The van der Waals surface area contributed by atoms with Crippen molar-refractivity contribution in [1.82, 2.24) is 9.29 Å². The first kappa shape index (κ1) is 22.6. The number of amides is 1. The molecule has 0 saturated carbocycles. The minimum absolute atomic E-state index is 0.145. The highest BCUT2D eigenvalue weighted by Crippen LogP contribution is 2.26. The number of hydrogen-bond donors (Lipinski definition) is 3. The van der Waals surface area contributed by atoms with Crippen LogP contribution in [0.2, 0.25) is 0 Å². The molecule has 2 aromatic carbocycles. The number of anilines is 1. The molecule has 1 amide bonds. The van der Waals surface area contributed by atoms with E-state index in [-0.39, 0.29) is 11.6 Å². The van der Waals surface area contributed by atoms with E-state index in [1.165, 1.54) is 12.1 Å². The highest BCUT2D eigenvalue weighted by molar-refractivity contribution is 7.84. The number of fused-ring (bicyclic) bond motifs is 1. The van der Waals surface area contributed by atoms with Crippen molar-refractivity contribution in [2.24, 2.45) is 7.05 Å². The Kier molecular flexibility index (Phi) is 6.79. The lowest BCUT2D eigenvalue weighted by Gasteiger charge is -2.14. The summed E-state index contributed by atoms with van der Waals surface area (Å²) in [5.74, 6) is -1.05. The average molecular weight is 464 g/mol. The molecule has 4 rings (SSSR count). The summed E-state index contributed by atoms with van der Waals surface area (Å²) in [5, 5.41) is 11.7. The SMILES string of the molecule is Cn1cc2c(c1C(=O)Nc1ccc(F)c(C#N)c1)C=CC(COCc1ccccc1)NS2=N. The van der Waals surface area contributed by atoms with Crippen molar-refractivity contribution in [3.8, 4) is 6.07 Å². The minimum atomic E-state index is -1.06. The second-order valence-electron chi connectivity index (χ2n) is 7.52. The van der Waals surface area contributed by atoms with E-state index in [1.54, 1.807) is 23.9 Å². The van der Waals surface area contributed by atoms with E-state index in [0.717, 1.165) is 11.6 Å². The van der Waals surface area contributed by atoms with Gasteiger partial charge in [0.1, 0.15) is 17.6 Å². The molecular formula is C24H22FN5O2S. The first-order valence-electron chi connectivity index (χ1n) is 10.2. The summed E-state index contributed by atoms with van der Waals surface area (Å²) in [6.45, 7) is 0.862. The van der Waals surface area contributed by atoms with Crippen LogP contribution < -0.4 is 10.0 Å². The zero-order valence-electron chi connectivity index (χ0n) is 17.8. The zero-order valence-corrected chi connectivity index (χ0v) is 18.7. The molecule has 0 aliphatic carbocycles. The monoisotopic (exact) mass is 463 g/mol. The molecule has 3 aromatic rings. The van der Waals surface area contributed by atoms with Crippen LogP contribution in [0.1, 0.15) is 27.2 Å². The van der Waals surface area contributed by atoms with E-state index in [1.807, 2.05) is 42.5 Å². The van der Waals surface area contributed by atoms with Crippen molar-refractivity contribution in [2.45, 2.75) is 17.5 Å². The van der Waals surface area contributed by atoms with Gasteiger partial charge in [-0.2, -0.15) is 5.26 Å². The van der Waals surface area contributed by atoms with Gasteiger partial charge >= 0.3 is 0 Å². The molecule has 2 atom stereocenters. The van der Waals surface area contributed by atoms with Gasteiger partial charge in [0.05, 0.1) is 29.7 Å². The lowest BCUT2D eigenvalue weighted by atomic mass is 10.1. The number of aryl methyl sites for hydroxylation is 1. The van der Waals surface area contributed by atoms with E-state index >= 15 is 0 Å². The molecular weight excluding hydrogens is 441 g/mol. The second-order valence-corrected chi connectivity index (χ2v) is 8.81. The third-order valence-corrected chi connectivity index (χ3v) is 6.44. The average Bonchev–Trinajstić information content (AvgIpc) is 3.07. The molecule has 33 heavy (non-hydrogen) atoms. The predicted molar refractivity (Wildman–Crippen MR) is 125 cm³/mol. The summed E-state index contributed by atoms with van der Waals surface area (Å²) in [7, 11) is 0.679. The molecule has 3 N–H and O–H groups in total. The Balaban J connectivity index is 1.50. The summed E-state index contributed by atoms with van der Waals surface area (Å²) in [6, 6.07) is 15.3. The Morgan fingerprint density at radius 2 is 2.12 bits per heavy atom. The van der Waals surface area contributed by atoms with Crippen molar-refractivity contribution < 1.29 is 13.9 Å². The summed E-state index contributed by atoms with van der Waals surface area (Å²) in [4.78, 5) is 13.7. The van der Waals surface area contributed by atoms with Gasteiger partial charge in [0.25, 0.3) is 5.91 Å². The number of carbonyl (C=O) groups is 1. The van der Waals surface area contributed by atoms with Crippen molar-refractivity contribution in [1.29, 1.82) is 10.0 Å². The van der Waals surface area contributed by atoms with Crippen molar-refractivity contribution in [3.05, 3.63) is 89.0 Å². The smallest absolute Gasteiger partial charge is 0.272 e. The Morgan fingerprint density at radius 1 is 1.33 bits per heavy atom. The maximum absolute atomic E-state index is 13.6. The van der Waals surface area contributed by atoms with Gasteiger partial charge in [-0.25, -0.2) is 9.11 Å². The Bertz CT molecular complexity index is 1280. The number of nitriles is 1. The van der Waals surface area contributed by atoms with Crippen LogP contribution >= 0.6 is 0 Å². The summed E-state index contributed by atoms with van der Waals surface area (Å²) in [6.07, 6.45) is 5.49. The molecule has 7 nitrogen and oxygen atoms in total. The van der Waals surface area contributed by atoms with Crippen LogP contribution in [-0.4, -0.2) is 23.1 Å². The van der Waals surface area contributed by atoms with Crippen LogP contribution in [0, 0.1) is 21.9 Å². The van der Waals surface area contributed by atoms with Crippen LogP contribution in [0.15, 0.2) is 65.7 Å². The zero-order chi connectivity index (χ0) is 23.4. The molecule has 0 spiro atoms. The molecule has 1 aliphatic heterocycles. The van der Waals surface area contributed by atoms with Crippen LogP contribution in [0.3, 0.4) is 0 Å². The molecule has 2 unspecified atom stereocenters. The van der Waals surface area contributed by atoms with Gasteiger partial charge in [0, 0.05) is 24.5 Å². The molecule has 9 heteroatoms. The van der Waals surface area contributed by atoms with Gasteiger partial charge in [-0.1, -0.05) is 42.5 Å². The van der Waals surface area contributed by atoms with Gasteiger partial charge in [-0.05, 0) is 34.6 Å². The maximum Gasteiger partial charge on any atom is 0.272 e. The van der Waals surface area contributed by atoms with Gasteiger partial charge in [0.15, 0.2) is 0 Å². The number of benzene rings is 2. The van der Waals surface area contributed by atoms with Crippen LogP contribution in [0.4, 0.5) is 10.1 Å². The normalized spacial score (nSPS) is 17.1. The molecule has 1 aromatic heterocycles. The molecule has 2 heterocycles. The largest absolute Gasteiger partial charge is 0.375 e. The Hall–Kier alpha value is -3.58. The fourth-order valence-corrected chi connectivity index (χ4v) is 4.76. The van der Waals surface area contributed by atoms with E-state index in [9.17, 15) is 9.18 Å². The highest BCUT2D eigenvalue weighted by atomic mass is 32.2. The first-order chi connectivity index (χ1) is 16.0. The van der Waals surface area contributed by atoms with Crippen molar-refractivity contribution in [2.75, 3.05) is 11.9 Å². The third kappa shape index (κ3) is 5.09. The quantitative estimate of drug-likeness (QED) is 0.511. The van der Waals surface area contributed by atoms with Crippen molar-refractivity contribution in [3.63, 3.8) is 0 Å². The Morgan fingerprint density at radius 3 is 2.88 bits per heavy atom. The van der Waals surface area contributed by atoms with E-state index < -0.39 is 22.6 Å². The number of aromatic nitrogens is 1. The first-order valence-corrected chi connectivity index (χ1v) is 11.4. The number of hydrogen-bond acceptors (Lipinski definition) is 4. The molecule has 0 fully saturated rings. The van der Waals surface area contributed by atoms with Crippen LogP contribution in [0.25, 0.3) is 6.08 Å². The molecule has 1 aliphatic rings. The fourth-order valence-electron chi connectivity index (χ4n) is 3.54. The molecule has 0 bridgehead atoms. The number of rotatable bonds is 6. The fraction of sp³-hybridized carbons (Fsp3) is 0.167. The molecule has 0 radical (unpaired) electrons. The van der Waals surface area contributed by atoms with Crippen LogP contribution in [0.5, 0.6) is 0 Å². The lowest BCUT2D eigenvalue weighted by molar-refractivity contribution is 0.101. The van der Waals surface area contributed by atoms with E-state index in [2.05, 4.69) is 10.0 Å².